The summed E-state index contributed by atoms with van der Waals surface area (Å²) in [6, 6.07) is 8.62. The molecule has 4 heterocycles. The largest absolute Gasteiger partial charge is 0.444 e. The predicted octanol–water partition coefficient (Wildman–Crippen LogP) is 4.64. The summed E-state index contributed by atoms with van der Waals surface area (Å²) in [5.41, 5.74) is 2.70. The van der Waals surface area contributed by atoms with Crippen molar-refractivity contribution >= 4 is 22.9 Å². The van der Waals surface area contributed by atoms with Gasteiger partial charge in [-0.1, -0.05) is 18.2 Å². The average Bonchev–Trinajstić information content (AvgIpc) is 3.26. The van der Waals surface area contributed by atoms with E-state index in [-0.39, 0.29) is 30.1 Å². The van der Waals surface area contributed by atoms with Crippen molar-refractivity contribution in [3.8, 4) is 0 Å². The number of para-hydroxylation sites is 1. The van der Waals surface area contributed by atoms with E-state index in [1.165, 1.54) is 5.69 Å². The first-order chi connectivity index (χ1) is 14.8. The maximum atomic E-state index is 13.4. The number of amides is 2. The third kappa shape index (κ3) is 3.70. The van der Waals surface area contributed by atoms with Crippen molar-refractivity contribution in [1.29, 1.82) is 0 Å². The molecule has 0 radical (unpaired) electrons. The van der Waals surface area contributed by atoms with Crippen molar-refractivity contribution in [2.45, 2.75) is 96.0 Å². The molecule has 2 fully saturated rings. The molecule has 1 N–H and O–H groups in total. The van der Waals surface area contributed by atoms with Crippen LogP contribution in [-0.4, -0.2) is 45.2 Å². The second-order valence-corrected chi connectivity index (χ2v) is 10.4. The summed E-state index contributed by atoms with van der Waals surface area (Å²) >= 11 is 0. The van der Waals surface area contributed by atoms with Gasteiger partial charge in [-0.05, 0) is 71.8 Å². The first-order valence-electron chi connectivity index (χ1n) is 11.7. The Hall–Kier alpha value is -2.50. The Morgan fingerprint density at radius 2 is 1.77 bits per heavy atom. The minimum Gasteiger partial charge on any atom is -0.444 e. The van der Waals surface area contributed by atoms with Gasteiger partial charge in [0.2, 0.25) is 0 Å². The zero-order chi connectivity index (χ0) is 21.8. The van der Waals surface area contributed by atoms with Crippen LogP contribution in [-0.2, 0) is 17.7 Å². The first-order valence-corrected chi connectivity index (χ1v) is 11.7. The maximum Gasteiger partial charge on any atom is 0.410 e. The molecule has 2 unspecified atom stereocenters. The van der Waals surface area contributed by atoms with Gasteiger partial charge in [-0.15, -0.1) is 0 Å². The Kier molecular flexibility index (Phi) is 4.98. The zero-order valence-corrected chi connectivity index (χ0v) is 18.8. The second-order valence-electron chi connectivity index (χ2n) is 10.4. The second kappa shape index (κ2) is 7.57. The number of carbonyl (C=O) groups is 2. The van der Waals surface area contributed by atoms with Crippen LogP contribution in [0.15, 0.2) is 24.3 Å². The van der Waals surface area contributed by atoms with E-state index in [9.17, 15) is 9.59 Å². The molecule has 3 aliphatic rings. The molecule has 0 saturated carbocycles. The fraction of sp³-hybridized carbons (Fsp3) is 0.600. The van der Waals surface area contributed by atoms with Crippen LogP contribution in [0.2, 0.25) is 0 Å². The molecule has 3 aliphatic heterocycles. The van der Waals surface area contributed by atoms with Crippen molar-refractivity contribution in [3.05, 3.63) is 35.5 Å². The van der Waals surface area contributed by atoms with Crippen LogP contribution in [0.3, 0.4) is 0 Å². The summed E-state index contributed by atoms with van der Waals surface area (Å²) in [5.74, 6) is 0.0423. The highest BCUT2D eigenvalue weighted by atomic mass is 16.6. The van der Waals surface area contributed by atoms with Gasteiger partial charge in [0.1, 0.15) is 5.60 Å². The monoisotopic (exact) mass is 423 g/mol. The number of hydrogen-bond donors (Lipinski definition) is 1. The molecule has 2 atom stereocenters. The van der Waals surface area contributed by atoms with Gasteiger partial charge in [0.25, 0.3) is 5.91 Å². The number of carbonyl (C=O) groups excluding carboxylic acids is 2. The van der Waals surface area contributed by atoms with Crippen LogP contribution in [0.1, 0.15) is 75.3 Å². The number of nitrogens with one attached hydrogen (secondary N) is 1. The quantitative estimate of drug-likeness (QED) is 0.765. The minimum atomic E-state index is -0.493. The number of benzene rings is 1. The van der Waals surface area contributed by atoms with Crippen molar-refractivity contribution < 1.29 is 14.3 Å². The molecule has 0 spiro atoms. The molecular weight excluding hydrogens is 390 g/mol. The SMILES string of the molecule is CC(C)(C)OC(=O)N1C2CCCC1CC(NC(=O)c1c3n(c4ccccc14)CCC3)C2. The fourth-order valence-electron chi connectivity index (χ4n) is 5.90. The molecule has 1 aromatic heterocycles. The summed E-state index contributed by atoms with van der Waals surface area (Å²) in [6.07, 6.45) is 6.54. The maximum absolute atomic E-state index is 13.4. The standard InChI is InChI=1S/C25H33N3O3/c1-25(2,3)31-24(30)28-17-8-6-9-18(28)15-16(14-17)26-23(29)22-19-10-4-5-11-20(19)27-13-7-12-21(22)27/h4-5,10-11,16-18H,6-9,12-15H2,1-3H3,(H,26,29). The average molecular weight is 424 g/mol. The van der Waals surface area contributed by atoms with Gasteiger partial charge in [-0.25, -0.2) is 4.79 Å². The molecule has 31 heavy (non-hydrogen) atoms. The van der Waals surface area contributed by atoms with E-state index >= 15 is 0 Å². The minimum absolute atomic E-state index is 0.0423. The van der Waals surface area contributed by atoms with Crippen LogP contribution < -0.4 is 5.32 Å². The Morgan fingerprint density at radius 1 is 1.06 bits per heavy atom. The van der Waals surface area contributed by atoms with Gasteiger partial charge in [0, 0.05) is 41.3 Å². The first kappa shape index (κ1) is 20.4. The summed E-state index contributed by atoms with van der Waals surface area (Å²) in [5, 5.41) is 4.40. The molecular formula is C25H33N3O3. The zero-order valence-electron chi connectivity index (χ0n) is 18.8. The lowest BCUT2D eigenvalue weighted by atomic mass is 9.82. The Labute approximate surface area is 183 Å². The van der Waals surface area contributed by atoms with Gasteiger partial charge < -0.3 is 19.5 Å². The molecule has 6 heteroatoms. The van der Waals surface area contributed by atoms with Gasteiger partial charge in [0.15, 0.2) is 0 Å². The summed E-state index contributed by atoms with van der Waals surface area (Å²) in [7, 11) is 0. The van der Waals surface area contributed by atoms with E-state index in [4.69, 9.17) is 4.74 Å². The van der Waals surface area contributed by atoms with Gasteiger partial charge in [0.05, 0.1) is 5.56 Å². The molecule has 2 amide bonds. The van der Waals surface area contributed by atoms with Crippen LogP contribution in [0.5, 0.6) is 0 Å². The van der Waals surface area contributed by atoms with Crippen molar-refractivity contribution in [2.24, 2.45) is 0 Å². The van der Waals surface area contributed by atoms with Crippen molar-refractivity contribution in [2.75, 3.05) is 0 Å². The molecule has 6 nitrogen and oxygen atoms in total. The third-order valence-corrected chi connectivity index (χ3v) is 7.02. The number of fused-ring (bicyclic) bond motifs is 5. The van der Waals surface area contributed by atoms with Crippen LogP contribution >= 0.6 is 0 Å². The lowest BCUT2D eigenvalue weighted by Gasteiger charge is -2.48. The summed E-state index contributed by atoms with van der Waals surface area (Å²) < 4.78 is 7.99. The third-order valence-electron chi connectivity index (χ3n) is 7.02. The lowest BCUT2D eigenvalue weighted by Crippen LogP contribution is -2.59. The van der Waals surface area contributed by atoms with Crippen LogP contribution in [0.25, 0.3) is 10.9 Å². The van der Waals surface area contributed by atoms with E-state index in [2.05, 4.69) is 22.0 Å². The van der Waals surface area contributed by atoms with Crippen molar-refractivity contribution in [3.63, 3.8) is 0 Å². The highest BCUT2D eigenvalue weighted by molar-refractivity contribution is 6.08. The molecule has 2 aromatic rings. The van der Waals surface area contributed by atoms with Crippen LogP contribution in [0.4, 0.5) is 4.79 Å². The molecule has 166 valence electrons. The summed E-state index contributed by atoms with van der Waals surface area (Å²) in [6.45, 7) is 6.72. The highest BCUT2D eigenvalue weighted by Crippen LogP contribution is 2.36. The lowest BCUT2D eigenvalue weighted by molar-refractivity contribution is -0.0229. The number of aromatic nitrogens is 1. The molecule has 0 aliphatic carbocycles. The van der Waals surface area contributed by atoms with E-state index in [1.54, 1.807) is 0 Å². The normalized spacial score (nSPS) is 25.4. The molecule has 5 rings (SSSR count). The fourth-order valence-corrected chi connectivity index (χ4v) is 5.90. The van der Waals surface area contributed by atoms with Gasteiger partial charge in [-0.2, -0.15) is 0 Å². The summed E-state index contributed by atoms with van der Waals surface area (Å²) in [4.78, 5) is 28.2. The smallest absolute Gasteiger partial charge is 0.410 e. The van der Waals surface area contributed by atoms with E-state index in [0.29, 0.717) is 0 Å². The van der Waals surface area contributed by atoms with Crippen molar-refractivity contribution in [1.82, 2.24) is 14.8 Å². The topological polar surface area (TPSA) is 63.6 Å². The van der Waals surface area contributed by atoms with E-state index in [0.717, 1.165) is 68.0 Å². The van der Waals surface area contributed by atoms with Gasteiger partial charge in [-0.3, -0.25) is 4.79 Å². The number of piperidine rings is 2. The number of rotatable bonds is 2. The van der Waals surface area contributed by atoms with E-state index in [1.807, 2.05) is 37.8 Å². The molecule has 2 bridgehead atoms. The number of hydrogen-bond acceptors (Lipinski definition) is 3. The Balaban J connectivity index is 1.34. The number of aryl methyl sites for hydroxylation is 1. The van der Waals surface area contributed by atoms with E-state index < -0.39 is 5.60 Å². The number of nitrogens with zero attached hydrogens (tertiary/aromatic N) is 2. The van der Waals surface area contributed by atoms with Gasteiger partial charge >= 0.3 is 6.09 Å². The number of ether oxygens (including phenoxy) is 1. The molecule has 1 aromatic carbocycles. The predicted molar refractivity (Wildman–Crippen MR) is 120 cm³/mol. The molecule has 2 saturated heterocycles. The Bertz CT molecular complexity index is 1000. The Morgan fingerprint density at radius 3 is 2.48 bits per heavy atom. The van der Waals surface area contributed by atoms with Crippen LogP contribution in [0, 0.1) is 0 Å². The highest BCUT2D eigenvalue weighted by Gasteiger charge is 2.43.